The predicted molar refractivity (Wildman–Crippen MR) is 266 cm³/mol. The number of fused-ring (bicyclic) bond motifs is 4. The zero-order valence-corrected chi connectivity index (χ0v) is 46.5. The minimum absolute atomic E-state index is 0.0567. The lowest BCUT2D eigenvalue weighted by molar-refractivity contribution is -0.385. The van der Waals surface area contributed by atoms with Crippen LogP contribution in [0.25, 0.3) is 0 Å². The van der Waals surface area contributed by atoms with Crippen molar-refractivity contribution in [1.29, 1.82) is 0 Å². The molecule has 5 heterocycles. The first kappa shape index (κ1) is 60.7. The van der Waals surface area contributed by atoms with E-state index in [-0.39, 0.29) is 34.6 Å². The molecule has 0 amide bonds. The Kier molecular flexibility index (Phi) is 17.6. The molecule has 78 heavy (non-hydrogen) atoms. The number of rotatable bonds is 16. The molecular weight excluding hydrogens is 1050 g/mol. The molecule has 0 aromatic rings. The molecule has 0 radical (unpaired) electrons. The second-order valence-electron chi connectivity index (χ2n) is 24.9. The number of aliphatic hydroxyl groups is 9. The Morgan fingerprint density at radius 2 is 1.35 bits per heavy atom. The summed E-state index contributed by atoms with van der Waals surface area (Å²) in [5.74, 6) is 0.279. The van der Waals surface area contributed by atoms with Crippen LogP contribution in [-0.2, 0) is 66.7 Å². The van der Waals surface area contributed by atoms with Gasteiger partial charge in [0.05, 0.1) is 37.9 Å². The number of allylic oxidation sites excluding steroid dienone is 4. The maximum atomic E-state index is 14.4. The molecule has 0 aromatic carbocycles. The number of aliphatic hydroxyl groups excluding tert-OH is 9. The summed E-state index contributed by atoms with van der Waals surface area (Å²) >= 11 is 0. The standard InChI is InChI=1S/C53H84O24S/c1-24(2)10-9-16-52(7)32-14-18-51(6)26-11-12-31-49(3,4)33(15-17-50(31,5)25(26)13-19-53(32,51)48(63)76-52)72-47-43(35(58)30(23-69-47)77-78(64,65)66)75-45-37(60)36(59)41(29(21-55)71-45)74-44-38(61)40(27(56)22-68-44)73-46-39(62)42(67-8)34(57)28(20-54)70-46/h10-11,25,27-47,54-62H,9,12-23H2,1-8H3,(H,64,65,66). The van der Waals surface area contributed by atoms with Crippen molar-refractivity contribution in [1.82, 2.24) is 0 Å². The first-order chi connectivity index (χ1) is 36.6. The van der Waals surface area contributed by atoms with E-state index in [1.807, 2.05) is 0 Å². The van der Waals surface area contributed by atoms with Crippen LogP contribution in [0, 0.1) is 39.4 Å². The Morgan fingerprint density at radius 1 is 0.705 bits per heavy atom. The van der Waals surface area contributed by atoms with Crippen LogP contribution in [-0.4, -0.2) is 221 Å². The van der Waals surface area contributed by atoms with Crippen molar-refractivity contribution in [2.75, 3.05) is 33.5 Å². The molecule has 3 saturated carbocycles. The van der Waals surface area contributed by atoms with Gasteiger partial charge in [0.25, 0.3) is 0 Å². The molecule has 1 spiro atoms. The lowest BCUT2D eigenvalue weighted by Crippen LogP contribution is -2.66. The van der Waals surface area contributed by atoms with Gasteiger partial charge in [-0.25, -0.2) is 4.18 Å². The summed E-state index contributed by atoms with van der Waals surface area (Å²) in [5, 5.41) is 98.9. The third-order valence-electron chi connectivity index (χ3n) is 20.0. The normalized spacial score (nSPS) is 50.1. The molecule has 446 valence electrons. The van der Waals surface area contributed by atoms with Gasteiger partial charge in [0, 0.05) is 18.4 Å². The predicted octanol–water partition coefficient (Wildman–Crippen LogP) is 0.0507. The second kappa shape index (κ2) is 22.6. The fourth-order valence-electron chi connectivity index (χ4n) is 15.9. The van der Waals surface area contributed by atoms with Crippen LogP contribution in [0.3, 0.4) is 0 Å². The molecule has 4 aliphatic carbocycles. The molecule has 10 N–H and O–H groups in total. The van der Waals surface area contributed by atoms with Gasteiger partial charge in [0.2, 0.25) is 0 Å². The lowest BCUT2D eigenvalue weighted by atomic mass is 9.41. The number of esters is 1. The molecule has 0 aromatic heterocycles. The fourth-order valence-corrected chi connectivity index (χ4v) is 16.4. The average Bonchev–Trinajstić information content (AvgIpc) is 2.85. The molecule has 5 aliphatic heterocycles. The molecule has 9 aliphatic rings. The van der Waals surface area contributed by atoms with Gasteiger partial charge in [0.1, 0.15) is 91.1 Å². The van der Waals surface area contributed by atoms with Crippen molar-refractivity contribution in [3.63, 3.8) is 0 Å². The summed E-state index contributed by atoms with van der Waals surface area (Å²) in [5.41, 5.74) is 0.282. The number of hydrogen-bond donors (Lipinski definition) is 10. The van der Waals surface area contributed by atoms with Crippen molar-refractivity contribution in [3.05, 3.63) is 23.3 Å². The maximum absolute atomic E-state index is 14.4. The van der Waals surface area contributed by atoms with E-state index in [4.69, 9.17) is 51.6 Å². The topological polar surface area (TPSA) is 355 Å². The van der Waals surface area contributed by atoms with Crippen molar-refractivity contribution in [2.45, 2.75) is 229 Å². The second-order valence-corrected chi connectivity index (χ2v) is 25.9. The third-order valence-corrected chi connectivity index (χ3v) is 20.5. The van der Waals surface area contributed by atoms with E-state index in [9.17, 15) is 63.7 Å². The Morgan fingerprint density at radius 3 is 2.01 bits per heavy atom. The minimum atomic E-state index is -5.17. The highest BCUT2D eigenvalue weighted by atomic mass is 32.3. The number of hydrogen-bond acceptors (Lipinski definition) is 23. The number of cyclic esters (lactones) is 1. The molecule has 0 bridgehead atoms. The molecule has 5 saturated heterocycles. The molecule has 26 atom stereocenters. The van der Waals surface area contributed by atoms with Crippen LogP contribution < -0.4 is 0 Å². The summed E-state index contributed by atoms with van der Waals surface area (Å²) in [6.45, 7) is 12.4. The molecule has 26 unspecified atom stereocenters. The molecule has 24 nitrogen and oxygen atoms in total. The van der Waals surface area contributed by atoms with Crippen LogP contribution in [0.15, 0.2) is 23.3 Å². The maximum Gasteiger partial charge on any atom is 0.397 e. The Labute approximate surface area is 455 Å². The Hall–Kier alpha value is -1.90. The van der Waals surface area contributed by atoms with E-state index in [1.165, 1.54) is 18.3 Å². The zero-order valence-electron chi connectivity index (χ0n) is 45.6. The quantitative estimate of drug-likeness (QED) is 0.0554. The number of carbonyl (C=O) groups is 1. The smallest absolute Gasteiger partial charge is 0.397 e. The monoisotopic (exact) mass is 1140 g/mol. The number of methoxy groups -OCH3 is 1. The third kappa shape index (κ3) is 10.4. The highest BCUT2D eigenvalue weighted by Gasteiger charge is 2.76. The van der Waals surface area contributed by atoms with Gasteiger partial charge in [-0.3, -0.25) is 9.35 Å². The highest BCUT2D eigenvalue weighted by Crippen LogP contribution is 2.76. The van der Waals surface area contributed by atoms with Gasteiger partial charge in [0.15, 0.2) is 25.2 Å². The summed E-state index contributed by atoms with van der Waals surface area (Å²) in [6.07, 6.45) is -19.4. The SMILES string of the molecule is COC1C(O)C(CO)OC(OC2C(O)COC(OC3C(CO)OC(OC4C(OC5CCC6(C)C7CCC89C(=O)OC(C)(CCC=C(C)C)C8CCC9(C)C7=CCC6C5(C)C)OCC(OS(=O)(=O)O)C4O)C(O)C3O)C2O)C1O. The Balaban J connectivity index is 0.899. The molecule has 9 rings (SSSR count). The number of carbonyl (C=O) groups excluding carboxylic acids is 1. The van der Waals surface area contributed by atoms with E-state index in [1.54, 1.807) is 0 Å². The first-order valence-corrected chi connectivity index (χ1v) is 28.9. The fraction of sp³-hybridized carbons (Fsp3) is 0.906. The first-order valence-electron chi connectivity index (χ1n) is 27.5. The van der Waals surface area contributed by atoms with Crippen molar-refractivity contribution >= 4 is 16.4 Å². The molecule has 8 fully saturated rings. The van der Waals surface area contributed by atoms with Gasteiger partial charge in [-0.2, -0.15) is 8.42 Å². The molecular formula is C53H84O24S. The van der Waals surface area contributed by atoms with E-state index in [0.29, 0.717) is 12.8 Å². The zero-order chi connectivity index (χ0) is 56.8. The van der Waals surface area contributed by atoms with Gasteiger partial charge in [-0.1, -0.05) is 51.0 Å². The van der Waals surface area contributed by atoms with E-state index in [2.05, 4.69) is 60.6 Å². The van der Waals surface area contributed by atoms with Crippen molar-refractivity contribution < 1.29 is 115 Å². The van der Waals surface area contributed by atoms with E-state index in [0.717, 1.165) is 44.9 Å². The van der Waals surface area contributed by atoms with Crippen molar-refractivity contribution in [3.8, 4) is 0 Å². The average molecular weight is 1140 g/mol. The van der Waals surface area contributed by atoms with E-state index < -0.39 is 170 Å². The van der Waals surface area contributed by atoms with Gasteiger partial charge in [-0.05, 0) is 101 Å². The summed E-state index contributed by atoms with van der Waals surface area (Å²) in [7, 11) is -3.97. The minimum Gasteiger partial charge on any atom is -0.459 e. The molecule has 25 heteroatoms. The largest absolute Gasteiger partial charge is 0.459 e. The van der Waals surface area contributed by atoms with Crippen molar-refractivity contribution in [2.24, 2.45) is 39.4 Å². The summed E-state index contributed by atoms with van der Waals surface area (Å²) in [4.78, 5) is 14.4. The lowest BCUT2D eigenvalue weighted by Gasteiger charge is -2.64. The van der Waals surface area contributed by atoms with Gasteiger partial charge >= 0.3 is 16.4 Å². The summed E-state index contributed by atoms with van der Waals surface area (Å²) in [6, 6.07) is 0. The van der Waals surface area contributed by atoms with Crippen LogP contribution in [0.1, 0.15) is 106 Å². The van der Waals surface area contributed by atoms with Crippen LogP contribution >= 0.6 is 0 Å². The summed E-state index contributed by atoms with van der Waals surface area (Å²) < 4.78 is 97.7. The van der Waals surface area contributed by atoms with E-state index >= 15 is 0 Å². The van der Waals surface area contributed by atoms with Crippen LogP contribution in [0.5, 0.6) is 0 Å². The van der Waals surface area contributed by atoms with Crippen LogP contribution in [0.4, 0.5) is 0 Å². The highest BCUT2D eigenvalue weighted by molar-refractivity contribution is 7.80. The van der Waals surface area contributed by atoms with Gasteiger partial charge in [-0.15, -0.1) is 0 Å². The number of ether oxygens (including phenoxy) is 10. The Bertz CT molecular complexity index is 2320. The van der Waals surface area contributed by atoms with Gasteiger partial charge < -0.3 is 93.3 Å². The van der Waals surface area contributed by atoms with Crippen LogP contribution in [0.2, 0.25) is 0 Å².